The lowest BCUT2D eigenvalue weighted by Crippen LogP contribution is -2.50. The highest BCUT2D eigenvalue weighted by Crippen LogP contribution is 2.41. The van der Waals surface area contributed by atoms with Crippen LogP contribution in [0.4, 0.5) is 27.6 Å². The Balaban J connectivity index is 1.58. The number of aliphatic hydroxyl groups excluding tert-OH is 1. The fraction of sp³-hybridized carbons (Fsp3) is 0.341. The molecule has 2 aliphatic rings. The first-order chi connectivity index (χ1) is 33.1. The number of aliphatic hydroxyl groups is 1. The molecule has 6 rings (SSSR count). The Kier molecular flexibility index (Phi) is 6.50. The van der Waals surface area contributed by atoms with Crippen LogP contribution in [0.15, 0.2) is 95.9 Å². The van der Waals surface area contributed by atoms with Crippen LogP contribution in [-0.2, 0) is 28.0 Å². The predicted molar refractivity (Wildman–Crippen MR) is 198 cm³/mol. The molecule has 0 aliphatic carbocycles. The van der Waals surface area contributed by atoms with Gasteiger partial charge in [-0.05, 0) is 66.7 Å². The molecule has 1 saturated heterocycles. The summed E-state index contributed by atoms with van der Waals surface area (Å²) in [4.78, 5) is 15.6. The van der Waals surface area contributed by atoms with Gasteiger partial charge in [-0.15, -0.1) is 11.8 Å². The van der Waals surface area contributed by atoms with Gasteiger partial charge >= 0.3 is 6.18 Å². The van der Waals surface area contributed by atoms with E-state index in [1.54, 1.807) is 0 Å². The van der Waals surface area contributed by atoms with Gasteiger partial charge in [0.2, 0.25) is 5.91 Å². The monoisotopic (exact) mass is 771 g/mol. The zero-order chi connectivity index (χ0) is 55.4. The number of piperidine rings is 1. The summed E-state index contributed by atoms with van der Waals surface area (Å²) in [6, 6.07) is 3.49. The largest absolute Gasteiger partial charge is 0.416 e. The van der Waals surface area contributed by atoms with Crippen LogP contribution < -0.4 is 4.90 Å². The minimum absolute atomic E-state index is 0.000765. The predicted octanol–water partition coefficient (Wildman–Crippen LogP) is 8.73. The SMILES string of the molecule is [2H]C1=C(SC([2H])([2H])c2cccc(F)c2F)N(CC(=O)N(Cc2ccc(-c3ccc(C(F)(F)F)cc3)cc2)C2([2H])C([2H])([2H])C([2H])([2H])N(CC([2H])([2H])OC([2H])([2H])[2H])C([2H])([2H])C2([2H])[2H])c2c([2H])c([2H])c(C)c([2H])c2C1O. The molecule has 0 saturated carbocycles. The normalized spacial score (nSPS) is 27.6. The Morgan fingerprint density at radius 3 is 2.47 bits per heavy atom. The zero-order valence-electron chi connectivity index (χ0n) is 47.5. The molecule has 2 aliphatic heterocycles. The van der Waals surface area contributed by atoms with Crippen molar-refractivity contribution in [2.45, 2.75) is 50.2 Å². The third kappa shape index (κ3) is 9.29. The molecule has 6 nitrogen and oxygen atoms in total. The number of ether oxygens (including phenoxy) is 1. The number of amides is 1. The molecule has 1 unspecified atom stereocenters. The second-order valence-corrected chi connectivity index (χ2v) is 12.2. The van der Waals surface area contributed by atoms with Gasteiger partial charge < -0.3 is 24.5 Å². The molecule has 0 aromatic heterocycles. The van der Waals surface area contributed by atoms with Crippen LogP contribution in [0.1, 0.15) is 74.1 Å². The van der Waals surface area contributed by atoms with E-state index in [0.29, 0.717) is 11.0 Å². The second kappa shape index (κ2) is 16.8. The number of fused-ring (bicyclic) bond motifs is 1. The van der Waals surface area contributed by atoms with Gasteiger partial charge in [0.1, 0.15) is 12.6 Å². The summed E-state index contributed by atoms with van der Waals surface area (Å²) in [7, 11) is -3.57. The molecular weight excluding hydrogens is 710 g/mol. The number of likely N-dealkylation sites (tertiary alicyclic amines) is 1. The van der Waals surface area contributed by atoms with E-state index in [0.717, 1.165) is 36.4 Å². The number of alkyl halides is 3. The third-order valence-electron chi connectivity index (χ3n) is 7.82. The number of hydrogen-bond donors (Lipinski definition) is 1. The van der Waals surface area contributed by atoms with E-state index in [1.165, 1.54) is 31.2 Å². The van der Waals surface area contributed by atoms with Crippen molar-refractivity contribution in [1.82, 2.24) is 9.80 Å². The number of hydrogen-bond acceptors (Lipinski definition) is 6. The molecule has 0 spiro atoms. The number of halogens is 5. The van der Waals surface area contributed by atoms with Crippen LogP contribution in [0.3, 0.4) is 0 Å². The molecule has 1 N–H and O–H groups in total. The van der Waals surface area contributed by atoms with Crippen molar-refractivity contribution in [3.63, 3.8) is 0 Å². The van der Waals surface area contributed by atoms with Crippen molar-refractivity contribution in [3.05, 3.63) is 135 Å². The smallest absolute Gasteiger partial charge is 0.384 e. The van der Waals surface area contributed by atoms with Crippen molar-refractivity contribution < 1.29 is 64.0 Å². The topological polar surface area (TPSA) is 56.3 Å². The van der Waals surface area contributed by atoms with E-state index in [4.69, 9.17) is 20.6 Å². The summed E-state index contributed by atoms with van der Waals surface area (Å²) in [5.41, 5.74) is -6.53. The van der Waals surface area contributed by atoms with E-state index in [1.807, 2.05) is 0 Å². The molecule has 4 aromatic carbocycles. The number of anilines is 1. The van der Waals surface area contributed by atoms with E-state index in [9.17, 15) is 29.5 Å². The standard InChI is InChI=1S/C41H42F5N3O3S/c1-27-6-15-36-34(22-27)37(50)23-39(53-26-31-4-3-5-35(42)40(31)43)49(36)25-38(51)48(33-16-18-47(19-17-33)20-21-52-2)24-28-7-9-29(10-8-28)30-11-13-32(14-12-30)41(44,45)46/h3-15,22-23,33,37,50H,16-21,24-26H2,1-2H3/i2D3,6D,15D,16D2,17D2,18D2,19D2,21D2,22D,23D,26D2,33D. The van der Waals surface area contributed by atoms with Crippen molar-refractivity contribution in [3.8, 4) is 11.1 Å². The van der Waals surface area contributed by atoms with Crippen LogP contribution in [0.2, 0.25) is 0 Å². The van der Waals surface area contributed by atoms with E-state index in [2.05, 4.69) is 4.74 Å². The Morgan fingerprint density at radius 1 is 1.09 bits per heavy atom. The zero-order valence-corrected chi connectivity index (χ0v) is 28.3. The van der Waals surface area contributed by atoms with Crippen LogP contribution >= 0.6 is 11.8 Å². The molecule has 2 heterocycles. The van der Waals surface area contributed by atoms with Gasteiger partial charge in [0, 0.05) is 75.4 Å². The maximum Gasteiger partial charge on any atom is 0.416 e. The number of rotatable bonds is 12. The van der Waals surface area contributed by atoms with Crippen molar-refractivity contribution >= 4 is 23.4 Å². The highest BCUT2D eigenvalue weighted by molar-refractivity contribution is 8.02. The van der Waals surface area contributed by atoms with Crippen LogP contribution in [0, 0.1) is 18.6 Å². The van der Waals surface area contributed by atoms with E-state index < -0.39 is 152 Å². The summed E-state index contributed by atoms with van der Waals surface area (Å²) in [5.74, 6) is -4.99. The third-order valence-corrected chi connectivity index (χ3v) is 8.68. The Bertz CT molecular complexity index is 2810. The highest BCUT2D eigenvalue weighted by atomic mass is 32.2. The summed E-state index contributed by atoms with van der Waals surface area (Å²) < 4.78 is 248. The van der Waals surface area contributed by atoms with Crippen molar-refractivity contribution in [1.29, 1.82) is 0 Å². The van der Waals surface area contributed by atoms with Gasteiger partial charge in [0.05, 0.1) is 30.9 Å². The molecule has 1 fully saturated rings. The quantitative estimate of drug-likeness (QED) is 0.146. The number of methoxy groups -OCH3 is 1. The van der Waals surface area contributed by atoms with Gasteiger partial charge in [-0.25, -0.2) is 8.78 Å². The van der Waals surface area contributed by atoms with E-state index in [-0.39, 0.29) is 43.8 Å². The van der Waals surface area contributed by atoms with Gasteiger partial charge in [-0.2, -0.15) is 13.2 Å². The van der Waals surface area contributed by atoms with Crippen molar-refractivity contribution in [2.24, 2.45) is 0 Å². The van der Waals surface area contributed by atoms with Gasteiger partial charge in [0.25, 0.3) is 0 Å². The fourth-order valence-corrected chi connectivity index (χ4v) is 5.97. The fourth-order valence-electron chi connectivity index (χ4n) is 5.17. The van der Waals surface area contributed by atoms with Crippen LogP contribution in [0.25, 0.3) is 11.1 Å². The van der Waals surface area contributed by atoms with Gasteiger partial charge in [0.15, 0.2) is 11.6 Å². The second-order valence-electron chi connectivity index (χ2n) is 11.4. The first-order valence-electron chi connectivity index (χ1n) is 25.5. The lowest BCUT2D eigenvalue weighted by molar-refractivity contribution is -0.137. The minimum atomic E-state index is -4.69. The van der Waals surface area contributed by atoms with Gasteiger partial charge in [-0.3, -0.25) is 4.79 Å². The Labute approximate surface area is 339 Å². The van der Waals surface area contributed by atoms with Crippen LogP contribution in [0.5, 0.6) is 0 Å². The summed E-state index contributed by atoms with van der Waals surface area (Å²) in [6.45, 7) is -15.3. The Morgan fingerprint density at radius 2 is 1.79 bits per heavy atom. The lowest BCUT2D eigenvalue weighted by Gasteiger charge is -2.40. The van der Waals surface area contributed by atoms with Gasteiger partial charge in [-0.1, -0.05) is 66.2 Å². The average Bonchev–Trinajstić information content (AvgIpc) is 3.27. The summed E-state index contributed by atoms with van der Waals surface area (Å²) >= 11 is -0.154. The molecule has 53 heavy (non-hydrogen) atoms. The first kappa shape index (κ1) is 20.5. The molecule has 12 heteroatoms. The first-order valence-corrected chi connectivity index (χ1v) is 16.4. The average molecular weight is 772 g/mol. The highest BCUT2D eigenvalue weighted by Gasteiger charge is 2.33. The maximum absolute atomic E-state index is 15.4. The number of benzene rings is 4. The number of carbonyl (C=O) groups is 1. The number of carbonyl (C=O) groups excluding carboxylic acids is 1. The summed E-state index contributed by atoms with van der Waals surface area (Å²) in [6.07, 6.45) is -15.5. The minimum Gasteiger partial charge on any atom is -0.384 e. The summed E-state index contributed by atoms with van der Waals surface area (Å²) in [5, 5.41) is 10.6. The maximum atomic E-state index is 15.4. The molecule has 0 bridgehead atoms. The van der Waals surface area contributed by atoms with Crippen LogP contribution in [-0.4, -0.2) is 66.5 Å². The Hall–Kier alpha value is -4.23. The molecule has 0 radical (unpaired) electrons. The number of thioether (sulfide) groups is 1. The van der Waals surface area contributed by atoms with E-state index >= 15 is 9.18 Å². The number of nitrogens with zero attached hydrogens (tertiary/aromatic N) is 3. The van der Waals surface area contributed by atoms with Crippen molar-refractivity contribution in [2.75, 3.05) is 44.6 Å². The molecule has 280 valence electrons. The lowest BCUT2D eigenvalue weighted by atomic mass is 9.99. The molecule has 1 atom stereocenters. The molecule has 1 amide bonds. The molecular formula is C41H42F5N3O3S. The molecule has 4 aromatic rings.